The Morgan fingerprint density at radius 3 is 2.83 bits per heavy atom. The van der Waals surface area contributed by atoms with Crippen LogP contribution in [0.3, 0.4) is 0 Å². The van der Waals surface area contributed by atoms with E-state index in [1.54, 1.807) is 28.0 Å². The minimum Gasteiger partial charge on any atom is -0.384 e. The molecule has 2 aromatic heterocycles. The van der Waals surface area contributed by atoms with Gasteiger partial charge in [-0.15, -0.1) is 21.5 Å². The van der Waals surface area contributed by atoms with Crippen LogP contribution in [0.15, 0.2) is 38.5 Å². The Morgan fingerprint density at radius 2 is 2.17 bits per heavy atom. The van der Waals surface area contributed by atoms with Crippen LogP contribution in [0.5, 0.6) is 0 Å². The second kappa shape index (κ2) is 7.94. The number of nitrogens with two attached hydrogens (primary N) is 1. The third kappa shape index (κ3) is 3.50. The number of allylic oxidation sites excluding steroid dienone is 3. The molecule has 0 spiro atoms. The Bertz CT molecular complexity index is 1070. The normalized spacial score (nSPS) is 19.8. The summed E-state index contributed by atoms with van der Waals surface area (Å²) in [5, 5.41) is 21.6. The predicted molar refractivity (Wildman–Crippen MR) is 118 cm³/mol. The van der Waals surface area contributed by atoms with E-state index in [0.717, 1.165) is 33.3 Å². The molecule has 0 radical (unpaired) electrons. The maximum absolute atomic E-state index is 13.1. The molecule has 1 unspecified atom stereocenters. The number of thioether (sulfide) groups is 1. The number of carbonyl (C=O) groups excluding carboxylic acids is 1. The van der Waals surface area contributed by atoms with E-state index >= 15 is 0 Å². The number of aryl methyl sites for hydroxylation is 1. The van der Waals surface area contributed by atoms with Crippen molar-refractivity contribution in [2.75, 3.05) is 4.90 Å². The first-order valence-corrected chi connectivity index (χ1v) is 12.0. The fourth-order valence-electron chi connectivity index (χ4n) is 3.79. The van der Waals surface area contributed by atoms with Crippen LogP contribution in [-0.2, 0) is 4.79 Å². The number of aromatic nitrogens is 2. The molecule has 4 rings (SSSR count). The van der Waals surface area contributed by atoms with Gasteiger partial charge in [0.1, 0.15) is 5.82 Å². The van der Waals surface area contributed by atoms with Crippen molar-refractivity contribution >= 4 is 45.4 Å². The summed E-state index contributed by atoms with van der Waals surface area (Å²) in [6, 6.07) is 4.32. The predicted octanol–water partition coefficient (Wildman–Crippen LogP) is 4.71. The van der Waals surface area contributed by atoms with E-state index < -0.39 is 5.92 Å². The van der Waals surface area contributed by atoms with Crippen molar-refractivity contribution in [1.29, 1.82) is 5.26 Å². The average Bonchev–Trinajstić information content (AvgIpc) is 3.29. The number of anilines is 1. The van der Waals surface area contributed by atoms with Gasteiger partial charge in [-0.2, -0.15) is 5.26 Å². The molecule has 1 atom stereocenters. The number of hydrogen-bond donors (Lipinski definition) is 1. The summed E-state index contributed by atoms with van der Waals surface area (Å²) in [5.74, 6) is 0.0584. The summed E-state index contributed by atoms with van der Waals surface area (Å²) >= 11 is 4.65. The molecule has 1 aliphatic heterocycles. The van der Waals surface area contributed by atoms with Crippen molar-refractivity contribution in [3.8, 4) is 6.07 Å². The number of thiophene rings is 1. The SMILES string of the molecule is Cc1ccsc1C1C(C#N)=C(N)N(c2nnc(SC(C)C)s2)C2=C1C(=O)CCC2. The van der Waals surface area contributed by atoms with Gasteiger partial charge < -0.3 is 5.73 Å². The molecule has 9 heteroatoms. The molecule has 2 aliphatic rings. The molecule has 3 heterocycles. The molecule has 29 heavy (non-hydrogen) atoms. The third-order valence-corrected chi connectivity index (χ3v) is 8.08. The van der Waals surface area contributed by atoms with E-state index in [2.05, 4.69) is 30.1 Å². The summed E-state index contributed by atoms with van der Waals surface area (Å²) in [7, 11) is 0. The lowest BCUT2D eigenvalue weighted by Crippen LogP contribution is -2.38. The van der Waals surface area contributed by atoms with Crippen molar-refractivity contribution in [1.82, 2.24) is 10.2 Å². The molecule has 150 valence electrons. The van der Waals surface area contributed by atoms with Crippen molar-refractivity contribution < 1.29 is 4.79 Å². The summed E-state index contributed by atoms with van der Waals surface area (Å²) in [5.41, 5.74) is 9.60. The standard InChI is InChI=1S/C20H21N5OS3/c1-10(2)28-20-24-23-19(29-20)25-13-5-4-6-14(26)16(13)15(12(9-21)18(25)22)17-11(3)7-8-27-17/h7-8,10,15H,4-6,22H2,1-3H3. The molecule has 2 aromatic rings. The maximum atomic E-state index is 13.1. The molecule has 0 amide bonds. The Hall–Kier alpha value is -2.15. The molecular weight excluding hydrogens is 422 g/mol. The van der Waals surface area contributed by atoms with Gasteiger partial charge in [0, 0.05) is 27.8 Å². The topological polar surface area (TPSA) is 95.9 Å². The minimum atomic E-state index is -0.392. The van der Waals surface area contributed by atoms with E-state index in [-0.39, 0.29) is 5.78 Å². The monoisotopic (exact) mass is 443 g/mol. The van der Waals surface area contributed by atoms with Crippen molar-refractivity contribution in [3.63, 3.8) is 0 Å². The van der Waals surface area contributed by atoms with Crippen LogP contribution in [-0.4, -0.2) is 21.2 Å². The number of nitriles is 1. The highest BCUT2D eigenvalue weighted by Crippen LogP contribution is 2.48. The summed E-state index contributed by atoms with van der Waals surface area (Å²) in [6.45, 7) is 6.21. The van der Waals surface area contributed by atoms with E-state index in [9.17, 15) is 10.1 Å². The first-order chi connectivity index (χ1) is 13.9. The lowest BCUT2D eigenvalue weighted by Gasteiger charge is -2.37. The van der Waals surface area contributed by atoms with Gasteiger partial charge >= 0.3 is 0 Å². The third-order valence-electron chi connectivity index (χ3n) is 5.00. The van der Waals surface area contributed by atoms with Crippen LogP contribution >= 0.6 is 34.4 Å². The van der Waals surface area contributed by atoms with E-state index in [1.807, 2.05) is 18.4 Å². The van der Waals surface area contributed by atoms with Gasteiger partial charge in [0.2, 0.25) is 5.13 Å². The zero-order valence-corrected chi connectivity index (χ0v) is 18.9. The van der Waals surface area contributed by atoms with Gasteiger partial charge in [-0.05, 0) is 36.8 Å². The van der Waals surface area contributed by atoms with Crippen molar-refractivity contribution in [2.45, 2.75) is 55.5 Å². The molecule has 0 saturated heterocycles. The van der Waals surface area contributed by atoms with Gasteiger partial charge in [-0.3, -0.25) is 9.69 Å². The van der Waals surface area contributed by atoms with E-state index in [0.29, 0.717) is 33.8 Å². The molecule has 0 saturated carbocycles. The van der Waals surface area contributed by atoms with Gasteiger partial charge in [-0.1, -0.05) is 36.9 Å². The van der Waals surface area contributed by atoms with Gasteiger partial charge in [0.15, 0.2) is 10.1 Å². The number of hydrogen-bond acceptors (Lipinski definition) is 9. The molecular formula is C20H21N5OS3. The largest absolute Gasteiger partial charge is 0.384 e. The number of Topliss-reactive ketones (excluding diaryl/α,β-unsaturated/α-hetero) is 1. The summed E-state index contributed by atoms with van der Waals surface area (Å²) in [6.07, 6.45) is 2.00. The molecule has 0 aromatic carbocycles. The first kappa shape index (κ1) is 20.1. The quantitative estimate of drug-likeness (QED) is 0.683. The van der Waals surface area contributed by atoms with E-state index in [4.69, 9.17) is 5.73 Å². The summed E-state index contributed by atoms with van der Waals surface area (Å²) in [4.78, 5) is 15.9. The highest BCUT2D eigenvalue weighted by atomic mass is 32.2. The number of nitrogens with zero attached hydrogens (tertiary/aromatic N) is 4. The van der Waals surface area contributed by atoms with Crippen LogP contribution in [0, 0.1) is 18.3 Å². The zero-order valence-electron chi connectivity index (χ0n) is 16.4. The van der Waals surface area contributed by atoms with Crippen LogP contribution in [0.4, 0.5) is 5.13 Å². The Balaban J connectivity index is 1.89. The second-order valence-electron chi connectivity index (χ2n) is 7.30. The molecule has 0 bridgehead atoms. The van der Waals surface area contributed by atoms with Crippen LogP contribution < -0.4 is 10.6 Å². The lowest BCUT2D eigenvalue weighted by molar-refractivity contribution is -0.116. The van der Waals surface area contributed by atoms with Gasteiger partial charge in [0.25, 0.3) is 0 Å². The molecule has 6 nitrogen and oxygen atoms in total. The Morgan fingerprint density at radius 1 is 1.38 bits per heavy atom. The van der Waals surface area contributed by atoms with Crippen LogP contribution in [0.1, 0.15) is 49.5 Å². The Labute approximate surface area is 182 Å². The minimum absolute atomic E-state index is 0.0931. The molecule has 1 aliphatic carbocycles. The van der Waals surface area contributed by atoms with E-state index in [1.165, 1.54) is 11.3 Å². The number of ketones is 1. The zero-order chi connectivity index (χ0) is 20.7. The first-order valence-electron chi connectivity index (χ1n) is 9.42. The number of rotatable bonds is 4. The van der Waals surface area contributed by atoms with Gasteiger partial charge in [-0.25, -0.2) is 0 Å². The molecule has 0 fully saturated rings. The highest BCUT2D eigenvalue weighted by molar-refractivity contribution is 8.01. The average molecular weight is 444 g/mol. The smallest absolute Gasteiger partial charge is 0.219 e. The van der Waals surface area contributed by atoms with Crippen molar-refractivity contribution in [3.05, 3.63) is 44.6 Å². The lowest BCUT2D eigenvalue weighted by atomic mass is 9.78. The maximum Gasteiger partial charge on any atom is 0.219 e. The van der Waals surface area contributed by atoms with Crippen LogP contribution in [0.2, 0.25) is 0 Å². The Kier molecular flexibility index (Phi) is 5.51. The second-order valence-corrected chi connectivity index (χ2v) is 11.0. The fourth-order valence-corrected chi connectivity index (χ4v) is 6.94. The fraction of sp³-hybridized carbons (Fsp3) is 0.400. The summed E-state index contributed by atoms with van der Waals surface area (Å²) < 4.78 is 0.849. The molecule has 2 N–H and O–H groups in total. The number of carbonyl (C=O) groups is 1. The van der Waals surface area contributed by atoms with Crippen molar-refractivity contribution in [2.24, 2.45) is 5.73 Å². The van der Waals surface area contributed by atoms with Crippen LogP contribution in [0.25, 0.3) is 0 Å². The van der Waals surface area contributed by atoms with Gasteiger partial charge in [0.05, 0.1) is 17.6 Å². The highest BCUT2D eigenvalue weighted by Gasteiger charge is 2.42.